The molecule has 0 aliphatic carbocycles. The summed E-state index contributed by atoms with van der Waals surface area (Å²) in [5.74, 6) is -5.34. The predicted octanol–water partition coefficient (Wildman–Crippen LogP) is 3.44. The van der Waals surface area contributed by atoms with Crippen LogP contribution in [0.1, 0.15) is 23.3 Å². The van der Waals surface area contributed by atoms with Crippen molar-refractivity contribution in [2.24, 2.45) is 5.73 Å². The van der Waals surface area contributed by atoms with Gasteiger partial charge in [-0.25, -0.2) is 4.39 Å². The summed E-state index contributed by atoms with van der Waals surface area (Å²) < 4.78 is 52.6. The molecular weight excluding hydrogens is 542 g/mol. The van der Waals surface area contributed by atoms with Gasteiger partial charge in [-0.15, -0.1) is 11.3 Å². The van der Waals surface area contributed by atoms with Gasteiger partial charge < -0.3 is 16.2 Å². The molecule has 1 aromatic heterocycles. The van der Waals surface area contributed by atoms with E-state index in [1.165, 1.54) is 23.6 Å². The fourth-order valence-corrected chi connectivity index (χ4v) is 4.98. The van der Waals surface area contributed by atoms with Crippen LogP contribution in [0.5, 0.6) is 0 Å². The molecule has 1 saturated heterocycles. The molecule has 1 aromatic carbocycles. The van der Waals surface area contributed by atoms with Crippen LogP contribution in [0.2, 0.25) is 0 Å². The number of rotatable bonds is 9. The molecule has 1 atom stereocenters. The summed E-state index contributed by atoms with van der Waals surface area (Å²) in [6.45, 7) is -0.349. The van der Waals surface area contributed by atoms with Crippen LogP contribution in [-0.2, 0) is 25.4 Å². The van der Waals surface area contributed by atoms with Crippen molar-refractivity contribution in [3.8, 4) is 11.1 Å². The third-order valence-electron chi connectivity index (χ3n) is 4.99. The van der Waals surface area contributed by atoms with Crippen LogP contribution in [0.15, 0.2) is 34.6 Å². The summed E-state index contributed by atoms with van der Waals surface area (Å²) in [5.41, 5.74) is 4.10. The monoisotopic (exact) mass is 559 g/mol. The predicted molar refractivity (Wildman–Crippen MR) is 125 cm³/mol. The molecular formula is C22H17F4N3O6S2. The summed E-state index contributed by atoms with van der Waals surface area (Å²) >= 11 is 1.67. The first-order chi connectivity index (χ1) is 17.3. The van der Waals surface area contributed by atoms with Crippen LogP contribution in [0.4, 0.5) is 22.4 Å². The maximum absolute atomic E-state index is 13.6. The number of carboxylic acid groups (broad SMARTS) is 1. The normalized spacial score (nSPS) is 15.8. The number of nitrogens with one attached hydrogen (secondary N) is 1. The quantitative estimate of drug-likeness (QED) is 0.315. The molecule has 2 heterocycles. The van der Waals surface area contributed by atoms with Gasteiger partial charge >= 0.3 is 12.1 Å². The van der Waals surface area contributed by atoms with Gasteiger partial charge in [-0.05, 0) is 52.5 Å². The number of nitrogens with zero attached hydrogens (tertiary/aromatic N) is 1. The largest absolute Gasteiger partial charge is 0.481 e. The van der Waals surface area contributed by atoms with Crippen LogP contribution in [0.3, 0.4) is 0 Å². The van der Waals surface area contributed by atoms with E-state index in [0.29, 0.717) is 34.3 Å². The minimum absolute atomic E-state index is 0.00906. The van der Waals surface area contributed by atoms with E-state index in [-0.39, 0.29) is 17.0 Å². The number of amides is 4. The number of carboxylic acids is 1. The van der Waals surface area contributed by atoms with Gasteiger partial charge in [0.05, 0.1) is 16.9 Å². The Balaban J connectivity index is 1.68. The second kappa shape index (κ2) is 11.1. The smallest absolute Gasteiger partial charge is 0.419 e. The van der Waals surface area contributed by atoms with Crippen molar-refractivity contribution in [1.82, 2.24) is 10.2 Å². The number of thiophene rings is 1. The molecule has 0 spiro atoms. The number of aliphatic carboxylic acids is 1. The molecule has 15 heteroatoms. The van der Waals surface area contributed by atoms with Gasteiger partial charge in [-0.1, -0.05) is 6.07 Å². The second-order valence-corrected chi connectivity index (χ2v) is 9.57. The molecule has 1 aliphatic rings. The summed E-state index contributed by atoms with van der Waals surface area (Å²) in [6.07, 6.45) is -4.65. The molecule has 9 nitrogen and oxygen atoms in total. The number of thioether (sulfide) groups is 1. The second-order valence-electron chi connectivity index (χ2n) is 7.63. The van der Waals surface area contributed by atoms with Crippen molar-refractivity contribution in [2.75, 3.05) is 6.54 Å². The fourth-order valence-electron chi connectivity index (χ4n) is 3.20. The highest BCUT2D eigenvalue weighted by atomic mass is 32.2. The molecule has 2 aromatic rings. The topological polar surface area (TPSA) is 147 Å². The standard InChI is InChI=1S/C22H17F4N3O6S2/c23-14-2-1-10(6-13(14)22(24,25)26)11-5-12(36-9-11)7-16-20(34)29(21(35)37-16)4-3-17(30)28-15(19(27)33)8-18(31)32/h1-2,5-7,9,15H,3-4,8H2,(H2,27,33)(H,28,30)(H,31,32)/t15-/m0/s1. The highest BCUT2D eigenvalue weighted by Gasteiger charge is 2.36. The van der Waals surface area contributed by atoms with Gasteiger partial charge in [0.1, 0.15) is 11.9 Å². The van der Waals surface area contributed by atoms with Crippen LogP contribution in [0, 0.1) is 5.82 Å². The summed E-state index contributed by atoms with van der Waals surface area (Å²) in [6, 6.07) is 2.60. The Kier molecular flexibility index (Phi) is 8.38. The number of nitrogens with two attached hydrogens (primary N) is 1. The lowest BCUT2D eigenvalue weighted by Crippen LogP contribution is -2.46. The molecule has 37 heavy (non-hydrogen) atoms. The summed E-state index contributed by atoms with van der Waals surface area (Å²) in [5, 5.41) is 11.7. The number of carbonyl (C=O) groups excluding carboxylic acids is 4. The molecule has 0 unspecified atom stereocenters. The first-order valence-electron chi connectivity index (χ1n) is 10.3. The van der Waals surface area contributed by atoms with Gasteiger partial charge in [0.2, 0.25) is 11.8 Å². The summed E-state index contributed by atoms with van der Waals surface area (Å²) in [7, 11) is 0. The Hall–Kier alpha value is -3.72. The van der Waals surface area contributed by atoms with Crippen molar-refractivity contribution in [2.45, 2.75) is 25.1 Å². The Morgan fingerprint density at radius 2 is 1.86 bits per heavy atom. The molecule has 1 fully saturated rings. The van der Waals surface area contributed by atoms with Gasteiger partial charge in [0.15, 0.2) is 0 Å². The fraction of sp³-hybridized carbons (Fsp3) is 0.227. The highest BCUT2D eigenvalue weighted by molar-refractivity contribution is 8.18. The zero-order valence-corrected chi connectivity index (χ0v) is 20.1. The van der Waals surface area contributed by atoms with Crippen molar-refractivity contribution in [3.63, 3.8) is 0 Å². The lowest BCUT2D eigenvalue weighted by molar-refractivity contribution is -0.140. The molecule has 196 valence electrons. The number of hydrogen-bond donors (Lipinski definition) is 3. The van der Waals surface area contributed by atoms with Gasteiger partial charge in [0, 0.05) is 17.8 Å². The zero-order chi connectivity index (χ0) is 27.5. The third-order valence-corrected chi connectivity index (χ3v) is 6.78. The van der Waals surface area contributed by atoms with Crippen LogP contribution in [-0.4, -0.2) is 51.5 Å². The number of alkyl halides is 3. The zero-order valence-electron chi connectivity index (χ0n) is 18.5. The molecule has 4 N–H and O–H groups in total. The number of benzene rings is 1. The Bertz CT molecular complexity index is 1310. The molecule has 0 bridgehead atoms. The highest BCUT2D eigenvalue weighted by Crippen LogP contribution is 2.37. The maximum atomic E-state index is 13.6. The van der Waals surface area contributed by atoms with E-state index in [1.54, 1.807) is 0 Å². The summed E-state index contributed by atoms with van der Waals surface area (Å²) in [4.78, 5) is 60.2. The first kappa shape index (κ1) is 27.9. The molecule has 0 radical (unpaired) electrons. The van der Waals surface area contributed by atoms with Crippen molar-refractivity contribution in [3.05, 3.63) is 50.8 Å². The average molecular weight is 560 g/mol. The minimum Gasteiger partial charge on any atom is -0.481 e. The minimum atomic E-state index is -4.87. The molecule has 1 aliphatic heterocycles. The lowest BCUT2D eigenvalue weighted by atomic mass is 10.0. The average Bonchev–Trinajstić information content (AvgIpc) is 3.35. The SMILES string of the molecule is NC(=O)[C@H](CC(=O)O)NC(=O)CCN1C(=O)SC(=Cc2cc(-c3ccc(F)c(C(F)(F)F)c3)cs2)C1=O. The number of hydrogen-bond acceptors (Lipinski definition) is 7. The van der Waals surface area contributed by atoms with E-state index < -0.39 is 65.4 Å². The number of imide groups is 1. The molecule has 0 saturated carbocycles. The molecule has 3 rings (SSSR count). The van der Waals surface area contributed by atoms with Gasteiger partial charge in [-0.3, -0.25) is 28.9 Å². The lowest BCUT2D eigenvalue weighted by Gasteiger charge is -2.15. The van der Waals surface area contributed by atoms with E-state index in [0.717, 1.165) is 16.2 Å². The maximum Gasteiger partial charge on any atom is 0.419 e. The van der Waals surface area contributed by atoms with Crippen LogP contribution >= 0.6 is 23.1 Å². The van der Waals surface area contributed by atoms with Gasteiger partial charge in [-0.2, -0.15) is 13.2 Å². The van der Waals surface area contributed by atoms with Crippen LogP contribution in [0.25, 0.3) is 17.2 Å². The van der Waals surface area contributed by atoms with Crippen LogP contribution < -0.4 is 11.1 Å². The van der Waals surface area contributed by atoms with E-state index in [2.05, 4.69) is 5.32 Å². The van der Waals surface area contributed by atoms with Crippen molar-refractivity contribution in [1.29, 1.82) is 0 Å². The number of halogens is 4. The van der Waals surface area contributed by atoms with E-state index >= 15 is 0 Å². The Morgan fingerprint density at radius 1 is 1.16 bits per heavy atom. The number of primary amides is 1. The van der Waals surface area contributed by atoms with Crippen molar-refractivity contribution >= 4 is 58.1 Å². The van der Waals surface area contributed by atoms with E-state index in [1.807, 2.05) is 0 Å². The Morgan fingerprint density at radius 3 is 2.49 bits per heavy atom. The third kappa shape index (κ3) is 6.95. The molecule has 4 amide bonds. The number of carbonyl (C=O) groups is 5. The van der Waals surface area contributed by atoms with Gasteiger partial charge in [0.25, 0.3) is 11.1 Å². The first-order valence-corrected chi connectivity index (χ1v) is 12.0. The Labute approximate surface area is 214 Å². The van der Waals surface area contributed by atoms with E-state index in [4.69, 9.17) is 10.8 Å². The van der Waals surface area contributed by atoms with E-state index in [9.17, 15) is 41.5 Å². The van der Waals surface area contributed by atoms with Crippen molar-refractivity contribution < 1.29 is 46.6 Å².